The number of fused-ring (bicyclic) bond motifs is 1. The lowest BCUT2D eigenvalue weighted by Crippen LogP contribution is -2.39. The highest BCUT2D eigenvalue weighted by atomic mass is 127. The van der Waals surface area contributed by atoms with Gasteiger partial charge < -0.3 is 0 Å². The summed E-state index contributed by atoms with van der Waals surface area (Å²) in [6.07, 6.45) is -1.13. The molecule has 164 valence electrons. The molecule has 0 bridgehead atoms. The average molecular weight is 555 g/mol. The van der Waals surface area contributed by atoms with Crippen molar-refractivity contribution in [2.45, 2.75) is 11.7 Å². The Bertz CT molecular complexity index is 1370. The van der Waals surface area contributed by atoms with E-state index in [4.69, 9.17) is 0 Å². The van der Waals surface area contributed by atoms with Crippen molar-refractivity contribution in [3.05, 3.63) is 129 Å². The Morgan fingerprint density at radius 3 is 1.97 bits per heavy atom. The van der Waals surface area contributed by atoms with E-state index in [-0.39, 0.29) is 3.57 Å². The lowest BCUT2D eigenvalue weighted by Gasteiger charge is -2.37. The van der Waals surface area contributed by atoms with Gasteiger partial charge >= 0.3 is 6.18 Å². The minimum absolute atomic E-state index is 0.141. The van der Waals surface area contributed by atoms with Crippen LogP contribution in [-0.2, 0) is 11.7 Å². The van der Waals surface area contributed by atoms with Gasteiger partial charge in [0, 0.05) is 15.2 Å². The first kappa shape index (κ1) is 21.6. The molecule has 0 saturated carbocycles. The molecule has 0 atom stereocenters. The number of aromatic nitrogens is 3. The SMILES string of the molecule is FC(F)(F)c1cc(C(c2ccccc2)(c2ccccc2)n2ncc3cccnc32)ccc1I. The monoisotopic (exact) mass is 555 g/mol. The zero-order valence-corrected chi connectivity index (χ0v) is 19.3. The van der Waals surface area contributed by atoms with Gasteiger partial charge in [-0.2, -0.15) is 18.3 Å². The molecule has 0 saturated heterocycles. The van der Waals surface area contributed by atoms with E-state index in [0.717, 1.165) is 16.5 Å². The summed E-state index contributed by atoms with van der Waals surface area (Å²) in [6.45, 7) is 0. The molecule has 0 fully saturated rings. The molecule has 2 heterocycles. The molecule has 5 rings (SSSR count). The summed E-state index contributed by atoms with van der Waals surface area (Å²) in [5.41, 5.74) is 0.729. The molecule has 0 spiro atoms. The predicted molar refractivity (Wildman–Crippen MR) is 130 cm³/mol. The quantitative estimate of drug-likeness (QED) is 0.179. The summed E-state index contributed by atoms with van der Waals surface area (Å²) in [4.78, 5) is 4.55. The number of halogens is 4. The normalized spacial score (nSPS) is 12.2. The van der Waals surface area contributed by atoms with Crippen LogP contribution in [0.15, 0.2) is 103 Å². The van der Waals surface area contributed by atoms with Crippen LogP contribution in [0, 0.1) is 3.57 Å². The Kier molecular flexibility index (Phi) is 5.44. The Morgan fingerprint density at radius 2 is 1.36 bits per heavy atom. The molecular weight excluding hydrogens is 538 g/mol. The van der Waals surface area contributed by atoms with Crippen LogP contribution >= 0.6 is 22.6 Å². The molecule has 0 aliphatic rings. The maximum atomic E-state index is 14.0. The highest BCUT2D eigenvalue weighted by Gasteiger charge is 2.43. The summed E-state index contributed by atoms with van der Waals surface area (Å²) >= 11 is 1.73. The zero-order chi connectivity index (χ0) is 23.1. The molecule has 33 heavy (non-hydrogen) atoms. The van der Waals surface area contributed by atoms with Gasteiger partial charge in [-0.3, -0.25) is 0 Å². The van der Waals surface area contributed by atoms with Crippen molar-refractivity contribution in [1.29, 1.82) is 0 Å². The van der Waals surface area contributed by atoms with Gasteiger partial charge in [-0.05, 0) is 63.5 Å². The lowest BCUT2D eigenvalue weighted by atomic mass is 9.76. The summed E-state index contributed by atoms with van der Waals surface area (Å²) in [5.74, 6) is 0. The third-order valence-corrected chi connectivity index (χ3v) is 6.66. The average Bonchev–Trinajstić information content (AvgIpc) is 3.26. The summed E-state index contributed by atoms with van der Waals surface area (Å²) < 4.78 is 43.8. The fourth-order valence-electron chi connectivity index (χ4n) is 4.30. The number of alkyl halides is 3. The maximum Gasteiger partial charge on any atom is 0.417 e. The Hall–Kier alpha value is -3.20. The fourth-order valence-corrected chi connectivity index (χ4v) is 4.94. The molecule has 3 aromatic carbocycles. The summed E-state index contributed by atoms with van der Waals surface area (Å²) in [5, 5.41) is 5.48. The van der Waals surface area contributed by atoms with E-state index in [1.165, 1.54) is 12.1 Å². The third-order valence-electron chi connectivity index (χ3n) is 5.72. The van der Waals surface area contributed by atoms with E-state index in [1.807, 2.05) is 72.8 Å². The zero-order valence-electron chi connectivity index (χ0n) is 17.2. The van der Waals surface area contributed by atoms with Crippen LogP contribution in [0.1, 0.15) is 22.3 Å². The number of nitrogens with zero attached hydrogens (tertiary/aromatic N) is 3. The first-order valence-electron chi connectivity index (χ1n) is 10.2. The number of hydrogen-bond acceptors (Lipinski definition) is 2. The van der Waals surface area contributed by atoms with Crippen LogP contribution in [0.2, 0.25) is 0 Å². The van der Waals surface area contributed by atoms with Crippen LogP contribution in [0.5, 0.6) is 0 Å². The van der Waals surface area contributed by atoms with Crippen molar-refractivity contribution in [2.75, 3.05) is 0 Å². The molecule has 5 aromatic rings. The molecule has 0 radical (unpaired) electrons. The molecule has 0 N–H and O–H groups in total. The second kappa shape index (κ2) is 8.30. The topological polar surface area (TPSA) is 30.7 Å². The number of benzene rings is 3. The van der Waals surface area contributed by atoms with E-state index in [2.05, 4.69) is 10.1 Å². The molecule has 0 amide bonds. The van der Waals surface area contributed by atoms with Gasteiger partial charge in [0.2, 0.25) is 0 Å². The Balaban J connectivity index is 1.96. The fraction of sp³-hybridized carbons (Fsp3) is 0.0769. The molecule has 7 heteroatoms. The predicted octanol–water partition coefficient (Wildman–Crippen LogP) is 6.89. The highest BCUT2D eigenvalue weighted by Crippen LogP contribution is 2.44. The Labute approximate surface area is 202 Å². The van der Waals surface area contributed by atoms with Crippen molar-refractivity contribution < 1.29 is 13.2 Å². The van der Waals surface area contributed by atoms with Crippen LogP contribution in [-0.4, -0.2) is 14.8 Å². The largest absolute Gasteiger partial charge is 0.417 e. The van der Waals surface area contributed by atoms with Crippen molar-refractivity contribution in [3.8, 4) is 0 Å². The van der Waals surface area contributed by atoms with Crippen LogP contribution in [0.4, 0.5) is 13.2 Å². The second-order valence-electron chi connectivity index (χ2n) is 7.61. The van der Waals surface area contributed by atoms with Crippen LogP contribution in [0.3, 0.4) is 0 Å². The van der Waals surface area contributed by atoms with Gasteiger partial charge in [0.1, 0.15) is 5.54 Å². The number of pyridine rings is 1. The molecule has 3 nitrogen and oxygen atoms in total. The minimum Gasteiger partial charge on any atom is -0.237 e. The lowest BCUT2D eigenvalue weighted by molar-refractivity contribution is -0.138. The summed E-state index contributed by atoms with van der Waals surface area (Å²) in [7, 11) is 0. The third kappa shape index (κ3) is 3.60. The van der Waals surface area contributed by atoms with Gasteiger partial charge in [-0.25, -0.2) is 9.67 Å². The van der Waals surface area contributed by atoms with E-state index < -0.39 is 17.3 Å². The first-order chi connectivity index (χ1) is 15.9. The molecule has 0 aliphatic heterocycles. The van der Waals surface area contributed by atoms with Gasteiger partial charge in [0.15, 0.2) is 5.65 Å². The smallest absolute Gasteiger partial charge is 0.237 e. The minimum atomic E-state index is -4.49. The van der Waals surface area contributed by atoms with E-state index in [9.17, 15) is 13.2 Å². The van der Waals surface area contributed by atoms with Crippen molar-refractivity contribution in [1.82, 2.24) is 14.8 Å². The van der Waals surface area contributed by atoms with Crippen LogP contribution in [0.25, 0.3) is 11.0 Å². The van der Waals surface area contributed by atoms with Crippen molar-refractivity contribution in [3.63, 3.8) is 0 Å². The molecule has 0 aliphatic carbocycles. The van der Waals surface area contributed by atoms with E-state index in [0.29, 0.717) is 11.2 Å². The molecule has 0 unspecified atom stereocenters. The van der Waals surface area contributed by atoms with Crippen LogP contribution < -0.4 is 0 Å². The number of hydrogen-bond donors (Lipinski definition) is 0. The first-order valence-corrected chi connectivity index (χ1v) is 11.3. The highest BCUT2D eigenvalue weighted by molar-refractivity contribution is 14.1. The van der Waals surface area contributed by atoms with Gasteiger partial charge in [0.25, 0.3) is 0 Å². The maximum absolute atomic E-state index is 14.0. The van der Waals surface area contributed by atoms with Gasteiger partial charge in [0.05, 0.1) is 11.8 Å². The van der Waals surface area contributed by atoms with Gasteiger partial charge in [-0.15, -0.1) is 0 Å². The second-order valence-corrected chi connectivity index (χ2v) is 8.77. The summed E-state index contributed by atoms with van der Waals surface area (Å²) in [6, 6.07) is 27.1. The number of rotatable bonds is 4. The Morgan fingerprint density at radius 1 is 0.727 bits per heavy atom. The van der Waals surface area contributed by atoms with Crippen molar-refractivity contribution >= 4 is 33.6 Å². The van der Waals surface area contributed by atoms with Crippen molar-refractivity contribution in [2.24, 2.45) is 0 Å². The van der Waals surface area contributed by atoms with E-state index >= 15 is 0 Å². The standard InChI is InChI=1S/C26H17F3IN3/c27-26(28,29)22-16-21(13-14-23(22)30)25(19-9-3-1-4-10-19,20-11-5-2-6-12-20)33-24-18(17-32-33)8-7-15-31-24/h1-17H. The van der Waals surface area contributed by atoms with Gasteiger partial charge in [-0.1, -0.05) is 66.7 Å². The molecule has 2 aromatic heterocycles. The molecular formula is C26H17F3IN3. The van der Waals surface area contributed by atoms with E-state index in [1.54, 1.807) is 45.7 Å².